The summed E-state index contributed by atoms with van der Waals surface area (Å²) in [5.74, 6) is 0.597. The molecule has 0 radical (unpaired) electrons. The highest BCUT2D eigenvalue weighted by molar-refractivity contribution is 5.92. The Bertz CT molecular complexity index is 2330. The maximum Gasteiger partial charge on any atom is 0.0716 e. The Morgan fingerprint density at radius 3 is 2.35 bits per heavy atom. The second-order valence-electron chi connectivity index (χ2n) is 18.3. The number of nitrogens with zero attached hydrogens (tertiary/aromatic N) is 1. The van der Waals surface area contributed by atoms with Gasteiger partial charge in [0.1, 0.15) is 0 Å². The normalized spacial score (nSPS) is 30.9. The third kappa shape index (κ3) is 4.53. The fraction of sp³-hybridized carbons (Fsp3) is 0.407. The summed E-state index contributed by atoms with van der Waals surface area (Å²) in [4.78, 5) is 2.94. The molecule has 55 heavy (non-hydrogen) atoms. The van der Waals surface area contributed by atoms with Crippen LogP contribution in [0.3, 0.4) is 0 Å². The second kappa shape index (κ2) is 12.6. The summed E-state index contributed by atoms with van der Waals surface area (Å²) in [6, 6.07) is 9.86. The van der Waals surface area contributed by atoms with E-state index in [2.05, 4.69) is 108 Å². The maximum atomic E-state index is 2.94. The molecule has 0 bridgehead atoms. The van der Waals surface area contributed by atoms with Crippen LogP contribution in [0.4, 0.5) is 0 Å². The Morgan fingerprint density at radius 2 is 1.47 bits per heavy atom. The summed E-state index contributed by atoms with van der Waals surface area (Å²) in [6.45, 7) is 0. The minimum atomic E-state index is -0.195. The highest BCUT2D eigenvalue weighted by Gasteiger charge is 2.55. The lowest BCUT2D eigenvalue weighted by molar-refractivity contribution is 0.343. The van der Waals surface area contributed by atoms with Crippen LogP contribution in [0.1, 0.15) is 127 Å². The number of hydrogen-bond donors (Lipinski definition) is 0. The molecule has 0 saturated heterocycles. The first-order chi connectivity index (χ1) is 27.3. The lowest BCUT2D eigenvalue weighted by atomic mass is 9.66. The van der Waals surface area contributed by atoms with Gasteiger partial charge in [0.05, 0.1) is 11.5 Å². The van der Waals surface area contributed by atoms with Crippen molar-refractivity contribution in [2.75, 3.05) is 0 Å². The van der Waals surface area contributed by atoms with Crippen LogP contribution >= 0.6 is 0 Å². The first-order valence-electron chi connectivity index (χ1n) is 22.3. The molecule has 1 aromatic carbocycles. The van der Waals surface area contributed by atoms with E-state index in [-0.39, 0.29) is 10.8 Å². The molecule has 2 fully saturated rings. The highest BCUT2D eigenvalue weighted by Crippen LogP contribution is 2.66. The van der Waals surface area contributed by atoms with Crippen molar-refractivity contribution in [2.45, 2.75) is 127 Å². The lowest BCUT2D eigenvalue weighted by Crippen LogP contribution is -2.37. The van der Waals surface area contributed by atoms with Gasteiger partial charge in [0.2, 0.25) is 0 Å². The van der Waals surface area contributed by atoms with E-state index in [1.807, 2.05) is 0 Å². The maximum absolute atomic E-state index is 2.94. The van der Waals surface area contributed by atoms with Crippen LogP contribution in [-0.2, 0) is 5.41 Å². The quantitative estimate of drug-likeness (QED) is 0.300. The van der Waals surface area contributed by atoms with Crippen LogP contribution in [0.5, 0.6) is 0 Å². The molecule has 0 aliphatic heterocycles. The molecule has 3 atom stereocenters. The van der Waals surface area contributed by atoms with Crippen molar-refractivity contribution in [1.29, 1.82) is 0 Å². The highest BCUT2D eigenvalue weighted by atomic mass is 15.2. The van der Waals surface area contributed by atoms with Crippen molar-refractivity contribution < 1.29 is 0 Å². The molecule has 1 heteroatoms. The number of benzene rings is 1. The Hall–Kier alpha value is -4.36. The minimum Gasteiger partial charge on any atom is -0.338 e. The van der Waals surface area contributed by atoms with Crippen LogP contribution in [0.15, 0.2) is 170 Å². The van der Waals surface area contributed by atoms with Gasteiger partial charge in [0.15, 0.2) is 0 Å². The Morgan fingerprint density at radius 1 is 0.655 bits per heavy atom. The zero-order chi connectivity index (χ0) is 36.1. The van der Waals surface area contributed by atoms with E-state index in [0.717, 1.165) is 51.4 Å². The van der Waals surface area contributed by atoms with Crippen molar-refractivity contribution in [2.24, 2.45) is 11.3 Å². The molecule has 1 nitrogen and oxygen atoms in total. The molecule has 11 aliphatic rings. The van der Waals surface area contributed by atoms with Crippen LogP contribution in [-0.4, -0.2) is 10.9 Å². The topological polar surface area (TPSA) is 3.24 Å². The van der Waals surface area contributed by atoms with Gasteiger partial charge in [0.25, 0.3) is 0 Å². The van der Waals surface area contributed by atoms with Gasteiger partial charge >= 0.3 is 0 Å². The molecule has 1 aromatic rings. The fourth-order valence-corrected chi connectivity index (χ4v) is 13.7. The number of rotatable bonds is 4. The van der Waals surface area contributed by atoms with Crippen LogP contribution in [0.25, 0.3) is 5.57 Å². The third-order valence-electron chi connectivity index (χ3n) is 15.8. The minimum absolute atomic E-state index is 0.195. The van der Waals surface area contributed by atoms with Gasteiger partial charge in [-0.15, -0.1) is 0 Å². The molecule has 12 rings (SSSR count). The van der Waals surface area contributed by atoms with E-state index >= 15 is 0 Å². The molecule has 0 amide bonds. The Balaban J connectivity index is 1.05. The van der Waals surface area contributed by atoms with Gasteiger partial charge in [-0.25, -0.2) is 0 Å². The SMILES string of the molecule is C1=CCC2C3=CCC(N(C4=CC5=C(CC4)C4=C(C=CCC4)C54C5=C(CCC=C5)c5ccccc54)C4=CCCC=C4C4=CCCCC4)C=C3C3(CCCC3)C2=C1. The summed E-state index contributed by atoms with van der Waals surface area (Å²) in [5.41, 5.74) is 24.2. The van der Waals surface area contributed by atoms with Crippen molar-refractivity contribution in [1.82, 2.24) is 4.90 Å². The molecule has 2 saturated carbocycles. The monoisotopic (exact) mass is 717 g/mol. The summed E-state index contributed by atoms with van der Waals surface area (Å²) < 4.78 is 0. The van der Waals surface area contributed by atoms with E-state index in [0.29, 0.717) is 12.0 Å². The van der Waals surface area contributed by atoms with Gasteiger partial charge in [-0.1, -0.05) is 116 Å². The van der Waals surface area contributed by atoms with E-state index < -0.39 is 0 Å². The third-order valence-corrected chi connectivity index (χ3v) is 15.8. The molecule has 0 aromatic heterocycles. The van der Waals surface area contributed by atoms with Gasteiger partial charge < -0.3 is 4.90 Å². The van der Waals surface area contributed by atoms with Crippen molar-refractivity contribution in [3.05, 3.63) is 182 Å². The largest absolute Gasteiger partial charge is 0.338 e. The van der Waals surface area contributed by atoms with Gasteiger partial charge in [0, 0.05) is 22.7 Å². The first-order valence-corrected chi connectivity index (χ1v) is 22.3. The Kier molecular flexibility index (Phi) is 7.51. The van der Waals surface area contributed by atoms with Crippen LogP contribution in [0.2, 0.25) is 0 Å². The van der Waals surface area contributed by atoms with Crippen molar-refractivity contribution >= 4 is 5.57 Å². The summed E-state index contributed by atoms with van der Waals surface area (Å²) in [6.07, 6.45) is 55.6. The van der Waals surface area contributed by atoms with E-state index in [1.165, 1.54) is 81.0 Å². The first kappa shape index (κ1) is 32.8. The molecule has 11 aliphatic carbocycles. The Labute approximate surface area is 329 Å². The average molecular weight is 718 g/mol. The number of hydrogen-bond acceptors (Lipinski definition) is 1. The smallest absolute Gasteiger partial charge is 0.0716 e. The molecule has 276 valence electrons. The molecule has 0 heterocycles. The molecule has 3 unspecified atom stereocenters. The molecule has 2 spiro atoms. The zero-order valence-corrected chi connectivity index (χ0v) is 32.6. The average Bonchev–Trinajstić information content (AvgIpc) is 4.01. The number of fused-ring (bicyclic) bond motifs is 12. The van der Waals surface area contributed by atoms with E-state index in [1.54, 1.807) is 67.0 Å². The number of allylic oxidation sites excluding steroid dienone is 22. The van der Waals surface area contributed by atoms with Gasteiger partial charge in [-0.3, -0.25) is 0 Å². The van der Waals surface area contributed by atoms with Gasteiger partial charge in [-0.05, 0) is 176 Å². The predicted octanol–water partition coefficient (Wildman–Crippen LogP) is 13.8. The second-order valence-corrected chi connectivity index (χ2v) is 18.3. The lowest BCUT2D eigenvalue weighted by Gasteiger charge is -2.43. The molecular formula is C54H55N. The fourth-order valence-electron chi connectivity index (χ4n) is 13.7. The van der Waals surface area contributed by atoms with Crippen LogP contribution < -0.4 is 0 Å². The molecule has 0 N–H and O–H groups in total. The molecular weight excluding hydrogens is 663 g/mol. The van der Waals surface area contributed by atoms with E-state index in [4.69, 9.17) is 0 Å². The summed E-state index contributed by atoms with van der Waals surface area (Å²) in [5, 5.41) is 0. The van der Waals surface area contributed by atoms with Crippen molar-refractivity contribution in [3.8, 4) is 0 Å². The van der Waals surface area contributed by atoms with Crippen molar-refractivity contribution in [3.63, 3.8) is 0 Å². The van der Waals surface area contributed by atoms with E-state index in [9.17, 15) is 0 Å². The van der Waals surface area contributed by atoms with Gasteiger partial charge in [-0.2, -0.15) is 0 Å². The standard InChI is InChI=1S/C54H55N/c1-2-16-36(17-3-1)39-18-8-13-27-52(39)55(37-28-30-44-40-19-4-9-23-46(40)53(50(44)34-37)32-14-15-33-53)38-29-31-45-43-22-7-12-26-49(43)54(51(45)35-38)47-24-10-5-20-41(47)42-21-6-11-25-48(42)54/h4-5,9-12,16,18,20,23-27,30,34-35,37,40H,1-3,6-8,13-15,17,19,21-22,28-29,31-33H2. The van der Waals surface area contributed by atoms with Crippen LogP contribution in [0, 0.1) is 11.3 Å². The summed E-state index contributed by atoms with van der Waals surface area (Å²) >= 11 is 0. The predicted molar refractivity (Wildman–Crippen MR) is 228 cm³/mol. The summed E-state index contributed by atoms with van der Waals surface area (Å²) in [7, 11) is 0. The zero-order valence-electron chi connectivity index (χ0n) is 32.6.